The van der Waals surface area contributed by atoms with E-state index in [1.165, 1.54) is 0 Å². The Morgan fingerprint density at radius 1 is 0.935 bits per heavy atom. The van der Waals surface area contributed by atoms with Gasteiger partial charge >= 0.3 is 0 Å². The SMILES string of the molecule is COc1ccc(Cl)cc1NC(=O)c1cc(-c2ccc(Cl)cc2)nc2c(C)cc(C)cc12. The Hall–Kier alpha value is -3.08. The van der Waals surface area contributed by atoms with Gasteiger partial charge in [0.1, 0.15) is 5.75 Å². The van der Waals surface area contributed by atoms with Gasteiger partial charge < -0.3 is 10.1 Å². The van der Waals surface area contributed by atoms with Crippen molar-refractivity contribution in [1.29, 1.82) is 0 Å². The summed E-state index contributed by atoms with van der Waals surface area (Å²) in [5.41, 5.74) is 5.42. The Bertz CT molecular complexity index is 1300. The van der Waals surface area contributed by atoms with Crippen LogP contribution in [0.25, 0.3) is 22.2 Å². The first-order valence-corrected chi connectivity index (χ1v) is 10.4. The quantitative estimate of drug-likeness (QED) is 0.361. The lowest BCUT2D eigenvalue weighted by molar-refractivity contribution is 0.102. The normalized spacial score (nSPS) is 10.9. The average molecular weight is 451 g/mol. The fourth-order valence-corrected chi connectivity index (χ4v) is 3.90. The number of aryl methyl sites for hydroxylation is 2. The van der Waals surface area contributed by atoms with Gasteiger partial charge in [-0.15, -0.1) is 0 Å². The van der Waals surface area contributed by atoms with Crippen molar-refractivity contribution < 1.29 is 9.53 Å². The summed E-state index contributed by atoms with van der Waals surface area (Å²) in [6.45, 7) is 4.00. The van der Waals surface area contributed by atoms with E-state index < -0.39 is 0 Å². The number of fused-ring (bicyclic) bond motifs is 1. The molecule has 31 heavy (non-hydrogen) atoms. The van der Waals surface area contributed by atoms with Crippen LogP contribution in [0.4, 0.5) is 5.69 Å². The van der Waals surface area contributed by atoms with Crippen molar-refractivity contribution in [1.82, 2.24) is 4.98 Å². The summed E-state index contributed by atoms with van der Waals surface area (Å²) in [7, 11) is 1.55. The zero-order chi connectivity index (χ0) is 22.1. The third kappa shape index (κ3) is 4.36. The number of hydrogen-bond acceptors (Lipinski definition) is 3. The molecule has 0 fully saturated rings. The van der Waals surface area contributed by atoms with Gasteiger partial charge in [-0.2, -0.15) is 0 Å². The van der Waals surface area contributed by atoms with Crippen LogP contribution in [-0.2, 0) is 0 Å². The topological polar surface area (TPSA) is 51.2 Å². The second-order valence-corrected chi connectivity index (χ2v) is 8.21. The smallest absolute Gasteiger partial charge is 0.256 e. The first-order chi connectivity index (χ1) is 14.9. The summed E-state index contributed by atoms with van der Waals surface area (Å²) < 4.78 is 5.37. The summed E-state index contributed by atoms with van der Waals surface area (Å²) in [6.07, 6.45) is 0. The summed E-state index contributed by atoms with van der Waals surface area (Å²) in [5.74, 6) is 0.259. The van der Waals surface area contributed by atoms with Crippen LogP contribution in [0.3, 0.4) is 0 Å². The van der Waals surface area contributed by atoms with Gasteiger partial charge in [-0.1, -0.05) is 47.0 Å². The minimum Gasteiger partial charge on any atom is -0.495 e. The molecule has 0 unspecified atom stereocenters. The number of amides is 1. The molecule has 1 amide bonds. The molecule has 1 heterocycles. The number of methoxy groups -OCH3 is 1. The standard InChI is InChI=1S/C25H20Cl2N2O2/c1-14-10-15(2)24-19(11-14)20(13-21(28-24)16-4-6-17(26)7-5-16)25(30)29-22-12-18(27)8-9-23(22)31-3/h4-13H,1-3H3,(H,29,30). The maximum atomic E-state index is 13.4. The number of aromatic nitrogens is 1. The van der Waals surface area contributed by atoms with E-state index in [1.54, 1.807) is 43.5 Å². The van der Waals surface area contributed by atoms with E-state index in [0.717, 1.165) is 27.6 Å². The van der Waals surface area contributed by atoms with E-state index in [0.29, 0.717) is 32.7 Å². The lowest BCUT2D eigenvalue weighted by Crippen LogP contribution is -2.14. The Morgan fingerprint density at radius 2 is 1.65 bits per heavy atom. The molecule has 0 aliphatic rings. The van der Waals surface area contributed by atoms with Crippen LogP contribution in [0.2, 0.25) is 10.0 Å². The summed E-state index contributed by atoms with van der Waals surface area (Å²) in [4.78, 5) is 18.3. The third-order valence-electron chi connectivity index (χ3n) is 5.04. The summed E-state index contributed by atoms with van der Waals surface area (Å²) in [5, 5.41) is 4.87. The number of rotatable bonds is 4. The van der Waals surface area contributed by atoms with Crippen molar-refractivity contribution in [3.8, 4) is 17.0 Å². The summed E-state index contributed by atoms with van der Waals surface area (Å²) >= 11 is 12.2. The van der Waals surface area contributed by atoms with E-state index in [2.05, 4.69) is 11.4 Å². The van der Waals surface area contributed by atoms with E-state index in [-0.39, 0.29) is 5.91 Å². The highest BCUT2D eigenvalue weighted by atomic mass is 35.5. The monoisotopic (exact) mass is 450 g/mol. The zero-order valence-electron chi connectivity index (χ0n) is 17.3. The molecule has 0 saturated carbocycles. The minimum absolute atomic E-state index is 0.270. The molecule has 1 N–H and O–H groups in total. The largest absolute Gasteiger partial charge is 0.495 e. The maximum Gasteiger partial charge on any atom is 0.256 e. The van der Waals surface area contributed by atoms with Gasteiger partial charge in [0.05, 0.1) is 29.6 Å². The van der Waals surface area contributed by atoms with E-state index in [4.69, 9.17) is 32.9 Å². The molecule has 156 valence electrons. The van der Waals surface area contributed by atoms with Gasteiger partial charge in [-0.25, -0.2) is 4.98 Å². The molecule has 4 nitrogen and oxygen atoms in total. The second-order valence-electron chi connectivity index (χ2n) is 7.34. The van der Waals surface area contributed by atoms with Crippen molar-refractivity contribution in [2.45, 2.75) is 13.8 Å². The number of carbonyl (C=O) groups excluding carboxylic acids is 1. The highest BCUT2D eigenvalue weighted by Gasteiger charge is 2.17. The molecular weight excluding hydrogens is 431 g/mol. The predicted octanol–water partition coefficient (Wildman–Crippen LogP) is 7.09. The molecule has 1 aromatic heterocycles. The van der Waals surface area contributed by atoms with Gasteiger partial charge in [-0.3, -0.25) is 4.79 Å². The third-order valence-corrected chi connectivity index (χ3v) is 5.53. The molecule has 0 radical (unpaired) electrons. The lowest BCUT2D eigenvalue weighted by atomic mass is 9.99. The molecule has 0 aliphatic carbocycles. The first kappa shape index (κ1) is 21.2. The molecule has 0 saturated heterocycles. The highest BCUT2D eigenvalue weighted by molar-refractivity contribution is 6.31. The van der Waals surface area contributed by atoms with Crippen molar-refractivity contribution >= 4 is 45.7 Å². The number of ether oxygens (including phenoxy) is 1. The Morgan fingerprint density at radius 3 is 2.35 bits per heavy atom. The summed E-state index contributed by atoms with van der Waals surface area (Å²) in [6, 6.07) is 18.3. The molecule has 0 bridgehead atoms. The van der Waals surface area contributed by atoms with Crippen LogP contribution in [-0.4, -0.2) is 18.0 Å². The minimum atomic E-state index is -0.270. The molecular formula is C25H20Cl2N2O2. The van der Waals surface area contributed by atoms with Crippen molar-refractivity contribution in [3.63, 3.8) is 0 Å². The first-order valence-electron chi connectivity index (χ1n) is 9.68. The molecule has 0 aliphatic heterocycles. The van der Waals surface area contributed by atoms with E-state index >= 15 is 0 Å². The highest BCUT2D eigenvalue weighted by Crippen LogP contribution is 2.31. The Kier molecular flexibility index (Phi) is 5.86. The van der Waals surface area contributed by atoms with Crippen LogP contribution < -0.4 is 10.1 Å². The number of halogens is 2. The van der Waals surface area contributed by atoms with Crippen LogP contribution in [0, 0.1) is 13.8 Å². The Labute approximate surface area is 190 Å². The lowest BCUT2D eigenvalue weighted by Gasteiger charge is -2.14. The van der Waals surface area contributed by atoms with E-state index in [9.17, 15) is 4.79 Å². The molecule has 0 atom stereocenters. The van der Waals surface area contributed by atoms with Gasteiger partial charge in [0.25, 0.3) is 5.91 Å². The number of hydrogen-bond donors (Lipinski definition) is 1. The van der Waals surface area contributed by atoms with Crippen LogP contribution in [0.1, 0.15) is 21.5 Å². The number of benzene rings is 3. The van der Waals surface area contributed by atoms with E-state index in [1.807, 2.05) is 32.0 Å². The van der Waals surface area contributed by atoms with Crippen LogP contribution in [0.15, 0.2) is 60.7 Å². The van der Waals surface area contributed by atoms with Gasteiger partial charge in [0.2, 0.25) is 0 Å². The fraction of sp³-hybridized carbons (Fsp3) is 0.120. The number of nitrogens with zero attached hydrogens (tertiary/aromatic N) is 1. The number of anilines is 1. The second kappa shape index (κ2) is 8.58. The van der Waals surface area contributed by atoms with Gasteiger partial charge in [0, 0.05) is 21.0 Å². The number of carbonyl (C=O) groups is 1. The number of nitrogens with one attached hydrogen (secondary N) is 1. The van der Waals surface area contributed by atoms with Crippen molar-refractivity contribution in [3.05, 3.63) is 87.4 Å². The zero-order valence-corrected chi connectivity index (χ0v) is 18.8. The van der Waals surface area contributed by atoms with Crippen molar-refractivity contribution in [2.75, 3.05) is 12.4 Å². The van der Waals surface area contributed by atoms with Crippen LogP contribution in [0.5, 0.6) is 5.75 Å². The predicted molar refractivity (Wildman–Crippen MR) is 128 cm³/mol. The maximum absolute atomic E-state index is 13.4. The van der Waals surface area contributed by atoms with Gasteiger partial charge in [-0.05, 0) is 61.9 Å². The molecule has 0 spiro atoms. The Balaban J connectivity index is 1.88. The van der Waals surface area contributed by atoms with Gasteiger partial charge in [0.15, 0.2) is 0 Å². The van der Waals surface area contributed by atoms with Crippen LogP contribution >= 0.6 is 23.2 Å². The van der Waals surface area contributed by atoms with Crippen molar-refractivity contribution in [2.24, 2.45) is 0 Å². The number of pyridine rings is 1. The molecule has 6 heteroatoms. The molecule has 4 aromatic rings. The molecule has 3 aromatic carbocycles. The average Bonchev–Trinajstić information content (AvgIpc) is 2.74. The fourth-order valence-electron chi connectivity index (χ4n) is 3.60. The molecule has 4 rings (SSSR count).